The van der Waals surface area contributed by atoms with Crippen LogP contribution in [0.3, 0.4) is 0 Å². The molecule has 0 unspecified atom stereocenters. The number of halogens is 1. The highest BCUT2D eigenvalue weighted by Gasteiger charge is 2.08. The van der Waals surface area contributed by atoms with Gasteiger partial charge in [0.15, 0.2) is 3.83 Å². The second kappa shape index (κ2) is 3.68. The smallest absolute Gasteiger partial charge is 0.176 e. The van der Waals surface area contributed by atoms with Crippen LogP contribution >= 0.6 is 22.6 Å². The van der Waals surface area contributed by atoms with Crippen molar-refractivity contribution in [3.05, 3.63) is 39.7 Å². The summed E-state index contributed by atoms with van der Waals surface area (Å²) in [6.07, 6.45) is 3.67. The lowest BCUT2D eigenvalue weighted by Gasteiger charge is -2.08. The number of hydrogen-bond donors (Lipinski definition) is 0. The van der Waals surface area contributed by atoms with Crippen molar-refractivity contribution in [2.75, 3.05) is 0 Å². The van der Waals surface area contributed by atoms with E-state index in [2.05, 4.69) is 43.2 Å². The quantitative estimate of drug-likeness (QED) is 0.757. The molecule has 14 heavy (non-hydrogen) atoms. The maximum atomic E-state index is 4.27. The molecule has 4 heteroatoms. The van der Waals surface area contributed by atoms with Gasteiger partial charge in [0, 0.05) is 40.7 Å². The molecule has 2 aromatic rings. The van der Waals surface area contributed by atoms with E-state index < -0.39 is 0 Å². The molecule has 0 amide bonds. The Morgan fingerprint density at radius 2 is 2.07 bits per heavy atom. The monoisotopic (exact) mass is 299 g/mol. The van der Waals surface area contributed by atoms with Crippen LogP contribution in [-0.4, -0.2) is 14.5 Å². The molecule has 2 heterocycles. The molecule has 0 saturated heterocycles. The topological polar surface area (TPSA) is 30.7 Å². The molecule has 3 nitrogen and oxygen atoms in total. The van der Waals surface area contributed by atoms with Gasteiger partial charge >= 0.3 is 0 Å². The van der Waals surface area contributed by atoms with E-state index >= 15 is 0 Å². The first-order valence-corrected chi connectivity index (χ1v) is 5.40. The van der Waals surface area contributed by atoms with Gasteiger partial charge < -0.3 is 0 Å². The third-order valence-corrected chi connectivity index (χ3v) is 2.88. The summed E-state index contributed by atoms with van der Waals surface area (Å²) in [5.41, 5.74) is 3.25. The first kappa shape index (κ1) is 9.64. The molecule has 0 spiro atoms. The van der Waals surface area contributed by atoms with Gasteiger partial charge in [0.05, 0.1) is 11.4 Å². The average Bonchev–Trinajstić information content (AvgIpc) is 2.48. The molecular weight excluding hydrogens is 289 g/mol. The van der Waals surface area contributed by atoms with E-state index in [1.54, 1.807) is 6.20 Å². The van der Waals surface area contributed by atoms with E-state index in [1.165, 1.54) is 0 Å². The van der Waals surface area contributed by atoms with E-state index in [1.807, 2.05) is 26.1 Å². The molecule has 0 aliphatic carbocycles. The van der Waals surface area contributed by atoms with Crippen LogP contribution in [0.5, 0.6) is 0 Å². The van der Waals surface area contributed by atoms with Crippen LogP contribution in [0.25, 0.3) is 5.69 Å². The summed E-state index contributed by atoms with van der Waals surface area (Å²) in [6.45, 7) is 4.05. The molecule has 0 aliphatic heterocycles. The molecule has 0 bridgehead atoms. The second-order valence-corrected chi connectivity index (χ2v) is 4.08. The number of nitrogens with zero attached hydrogens (tertiary/aromatic N) is 3. The number of hydrogen-bond acceptors (Lipinski definition) is 2. The molecule has 0 aliphatic rings. The largest absolute Gasteiger partial charge is 0.291 e. The van der Waals surface area contributed by atoms with E-state index in [9.17, 15) is 0 Å². The van der Waals surface area contributed by atoms with Gasteiger partial charge in [-0.15, -0.1) is 0 Å². The fourth-order valence-electron chi connectivity index (χ4n) is 1.41. The maximum Gasteiger partial charge on any atom is 0.176 e. The standard InChI is InChI=1S/C10H10IN3/c1-7-6-13-10(11)14(7)9-4-3-5-12-8(9)2/h3-6H,1-2H3. The van der Waals surface area contributed by atoms with Crippen LogP contribution in [0.4, 0.5) is 0 Å². The van der Waals surface area contributed by atoms with Crippen molar-refractivity contribution in [3.8, 4) is 5.69 Å². The van der Waals surface area contributed by atoms with Gasteiger partial charge in [0.2, 0.25) is 0 Å². The molecular formula is C10H10IN3. The van der Waals surface area contributed by atoms with Gasteiger partial charge in [0.1, 0.15) is 0 Å². The zero-order valence-corrected chi connectivity index (χ0v) is 10.2. The predicted octanol–water partition coefficient (Wildman–Crippen LogP) is 2.49. The van der Waals surface area contributed by atoms with Crippen molar-refractivity contribution >= 4 is 22.6 Å². The first-order chi connectivity index (χ1) is 6.70. The lowest BCUT2D eigenvalue weighted by atomic mass is 10.3. The average molecular weight is 299 g/mol. The van der Waals surface area contributed by atoms with Crippen LogP contribution in [0.1, 0.15) is 11.4 Å². The number of pyridine rings is 1. The van der Waals surface area contributed by atoms with Gasteiger partial charge in [-0.05, 0) is 26.0 Å². The summed E-state index contributed by atoms with van der Waals surface area (Å²) >= 11 is 2.23. The van der Waals surface area contributed by atoms with Crippen molar-refractivity contribution in [1.82, 2.24) is 14.5 Å². The Bertz CT molecular complexity index is 443. The van der Waals surface area contributed by atoms with Crippen LogP contribution in [0.15, 0.2) is 24.5 Å². The fraction of sp³-hybridized carbons (Fsp3) is 0.200. The van der Waals surface area contributed by atoms with Crippen molar-refractivity contribution in [1.29, 1.82) is 0 Å². The normalized spacial score (nSPS) is 10.5. The summed E-state index contributed by atoms with van der Waals surface area (Å²) in [5.74, 6) is 0. The van der Waals surface area contributed by atoms with Gasteiger partial charge in [-0.2, -0.15) is 0 Å². The van der Waals surface area contributed by atoms with Gasteiger partial charge in [0.25, 0.3) is 0 Å². The minimum Gasteiger partial charge on any atom is -0.291 e. The summed E-state index contributed by atoms with van der Waals surface area (Å²) < 4.78 is 3.07. The van der Waals surface area contributed by atoms with Gasteiger partial charge in [-0.1, -0.05) is 0 Å². The van der Waals surface area contributed by atoms with Crippen LogP contribution in [0.2, 0.25) is 0 Å². The zero-order chi connectivity index (χ0) is 10.1. The molecule has 72 valence electrons. The first-order valence-electron chi connectivity index (χ1n) is 4.32. The van der Waals surface area contributed by atoms with E-state index in [0.717, 1.165) is 20.9 Å². The molecule has 0 N–H and O–H groups in total. The predicted molar refractivity (Wildman–Crippen MR) is 63.6 cm³/mol. The van der Waals surface area contributed by atoms with Crippen molar-refractivity contribution in [2.24, 2.45) is 0 Å². The number of rotatable bonds is 1. The second-order valence-electron chi connectivity index (χ2n) is 3.11. The lowest BCUT2D eigenvalue weighted by Crippen LogP contribution is -2.02. The third kappa shape index (κ3) is 1.54. The molecule has 0 aromatic carbocycles. The molecule has 0 saturated carbocycles. The molecule has 2 aromatic heterocycles. The minimum absolute atomic E-state index is 0.969. The van der Waals surface area contributed by atoms with Crippen molar-refractivity contribution in [3.63, 3.8) is 0 Å². The molecule has 0 fully saturated rings. The Morgan fingerprint density at radius 1 is 1.29 bits per heavy atom. The third-order valence-electron chi connectivity index (χ3n) is 2.12. The van der Waals surface area contributed by atoms with Crippen LogP contribution in [0, 0.1) is 17.7 Å². The Balaban J connectivity index is 2.66. The van der Waals surface area contributed by atoms with E-state index in [-0.39, 0.29) is 0 Å². The van der Waals surface area contributed by atoms with Gasteiger partial charge in [-0.25, -0.2) is 4.98 Å². The SMILES string of the molecule is Cc1ncccc1-n1c(C)cnc1I. The highest BCUT2D eigenvalue weighted by atomic mass is 127. The van der Waals surface area contributed by atoms with E-state index in [4.69, 9.17) is 0 Å². The fourth-order valence-corrected chi connectivity index (χ4v) is 2.19. The van der Waals surface area contributed by atoms with Crippen molar-refractivity contribution in [2.45, 2.75) is 13.8 Å². The molecule has 2 rings (SSSR count). The number of aryl methyl sites for hydroxylation is 2. The number of imidazole rings is 1. The van der Waals surface area contributed by atoms with E-state index in [0.29, 0.717) is 0 Å². The summed E-state index contributed by atoms with van der Waals surface area (Å²) in [5, 5.41) is 0. The Labute approximate surface area is 96.3 Å². The molecule has 0 radical (unpaired) electrons. The molecule has 0 atom stereocenters. The summed E-state index contributed by atoms with van der Waals surface area (Å²) in [4.78, 5) is 8.52. The van der Waals surface area contributed by atoms with Crippen LogP contribution in [-0.2, 0) is 0 Å². The summed E-state index contributed by atoms with van der Waals surface area (Å²) in [6, 6.07) is 4.00. The maximum absolute atomic E-state index is 4.27. The zero-order valence-electron chi connectivity index (χ0n) is 8.03. The highest BCUT2D eigenvalue weighted by molar-refractivity contribution is 14.1. The van der Waals surface area contributed by atoms with Crippen molar-refractivity contribution < 1.29 is 0 Å². The Morgan fingerprint density at radius 3 is 2.64 bits per heavy atom. The summed E-state index contributed by atoms with van der Waals surface area (Å²) in [7, 11) is 0. The van der Waals surface area contributed by atoms with Crippen LogP contribution < -0.4 is 0 Å². The Kier molecular flexibility index (Phi) is 2.54. The minimum atomic E-state index is 0.969. The number of aromatic nitrogens is 3. The Hall–Kier alpha value is -0.910. The highest BCUT2D eigenvalue weighted by Crippen LogP contribution is 2.17. The lowest BCUT2D eigenvalue weighted by molar-refractivity contribution is 0.938. The van der Waals surface area contributed by atoms with Gasteiger partial charge in [-0.3, -0.25) is 9.55 Å².